The van der Waals surface area contributed by atoms with Crippen molar-refractivity contribution in [3.8, 4) is 11.3 Å². The Labute approximate surface area is 199 Å². The van der Waals surface area contributed by atoms with Gasteiger partial charge in [0.2, 0.25) is 0 Å². The van der Waals surface area contributed by atoms with E-state index in [1.807, 2.05) is 0 Å². The third-order valence-corrected chi connectivity index (χ3v) is 6.65. The van der Waals surface area contributed by atoms with Crippen LogP contribution in [0, 0.1) is 5.82 Å². The summed E-state index contributed by atoms with van der Waals surface area (Å²) in [6.45, 7) is 6.28. The van der Waals surface area contributed by atoms with Crippen LogP contribution >= 0.6 is 0 Å². The second kappa shape index (κ2) is 9.40. The lowest BCUT2D eigenvalue weighted by atomic mass is 10.0. The van der Waals surface area contributed by atoms with Crippen LogP contribution in [0.1, 0.15) is 16.7 Å². The standard InChI is InChI=1S/C26H29FN6O/c1-31-11-13-32(14-12-31)15-19-3-2-4-20-16-33(17-22(19)20)26(34)30-25-23(28)9-10-24(29-25)18-5-7-21(27)8-6-18/h2-10H,11-17,28H2,1H3,(H,29,30,34). The number of nitrogens with zero attached hydrogens (tertiary/aromatic N) is 4. The zero-order valence-electron chi connectivity index (χ0n) is 19.3. The number of nitrogen functional groups attached to an aromatic ring is 1. The Kier molecular flexibility index (Phi) is 6.17. The summed E-state index contributed by atoms with van der Waals surface area (Å²) in [5.41, 5.74) is 11.5. The number of benzene rings is 2. The van der Waals surface area contributed by atoms with Gasteiger partial charge in [0.15, 0.2) is 5.82 Å². The molecule has 2 aliphatic heterocycles. The van der Waals surface area contributed by atoms with Gasteiger partial charge in [-0.1, -0.05) is 18.2 Å². The number of fused-ring (bicyclic) bond motifs is 1. The summed E-state index contributed by atoms with van der Waals surface area (Å²) < 4.78 is 13.3. The summed E-state index contributed by atoms with van der Waals surface area (Å²) in [6.07, 6.45) is 0. The number of hydrogen-bond donors (Lipinski definition) is 2. The number of pyridine rings is 1. The van der Waals surface area contributed by atoms with Crippen LogP contribution in [-0.2, 0) is 19.6 Å². The molecule has 1 fully saturated rings. The summed E-state index contributed by atoms with van der Waals surface area (Å²) in [5.74, 6) is -0.00578. The minimum atomic E-state index is -0.312. The van der Waals surface area contributed by atoms with Crippen LogP contribution in [0.15, 0.2) is 54.6 Å². The van der Waals surface area contributed by atoms with Crippen LogP contribution in [0.2, 0.25) is 0 Å². The Morgan fingerprint density at radius 3 is 2.56 bits per heavy atom. The van der Waals surface area contributed by atoms with E-state index in [0.29, 0.717) is 30.3 Å². The number of nitrogens with one attached hydrogen (secondary N) is 1. The molecule has 0 saturated carbocycles. The molecule has 1 saturated heterocycles. The maximum Gasteiger partial charge on any atom is 0.323 e. The van der Waals surface area contributed by atoms with Crippen molar-refractivity contribution in [2.24, 2.45) is 0 Å². The smallest absolute Gasteiger partial charge is 0.323 e. The molecule has 0 spiro atoms. The average molecular weight is 461 g/mol. The zero-order chi connectivity index (χ0) is 23.7. The fraction of sp³-hybridized carbons (Fsp3) is 0.308. The van der Waals surface area contributed by atoms with E-state index >= 15 is 0 Å². The molecule has 0 unspecified atom stereocenters. The molecule has 34 heavy (non-hydrogen) atoms. The minimum Gasteiger partial charge on any atom is -0.396 e. The average Bonchev–Trinajstić information content (AvgIpc) is 3.28. The van der Waals surface area contributed by atoms with Crippen LogP contribution < -0.4 is 11.1 Å². The highest BCUT2D eigenvalue weighted by molar-refractivity contribution is 5.92. The number of likely N-dealkylation sites (N-methyl/N-ethyl adjacent to an activating group) is 1. The number of piperazine rings is 1. The van der Waals surface area contributed by atoms with Crippen molar-refractivity contribution in [2.45, 2.75) is 19.6 Å². The predicted molar refractivity (Wildman–Crippen MR) is 132 cm³/mol. The number of amides is 2. The van der Waals surface area contributed by atoms with E-state index in [4.69, 9.17) is 5.73 Å². The Morgan fingerprint density at radius 1 is 1.03 bits per heavy atom. The van der Waals surface area contributed by atoms with E-state index in [2.05, 4.69) is 45.3 Å². The summed E-state index contributed by atoms with van der Waals surface area (Å²) in [6, 6.07) is 15.6. The molecule has 2 aromatic carbocycles. The highest BCUT2D eigenvalue weighted by atomic mass is 19.1. The van der Waals surface area contributed by atoms with Crippen molar-refractivity contribution in [3.63, 3.8) is 0 Å². The van der Waals surface area contributed by atoms with Gasteiger partial charge < -0.3 is 15.5 Å². The van der Waals surface area contributed by atoms with Gasteiger partial charge in [0.05, 0.1) is 11.4 Å². The molecular formula is C26H29FN6O. The molecule has 3 aromatic rings. The van der Waals surface area contributed by atoms with Crippen molar-refractivity contribution in [2.75, 3.05) is 44.3 Å². The fourth-order valence-corrected chi connectivity index (χ4v) is 4.56. The third kappa shape index (κ3) is 4.73. The summed E-state index contributed by atoms with van der Waals surface area (Å²) in [7, 11) is 2.16. The van der Waals surface area contributed by atoms with Crippen molar-refractivity contribution in [1.82, 2.24) is 19.7 Å². The van der Waals surface area contributed by atoms with Crippen molar-refractivity contribution in [3.05, 3.63) is 77.1 Å². The van der Waals surface area contributed by atoms with Crippen molar-refractivity contribution >= 4 is 17.5 Å². The second-order valence-corrected chi connectivity index (χ2v) is 9.06. The van der Waals surface area contributed by atoms with Gasteiger partial charge in [-0.2, -0.15) is 0 Å². The van der Waals surface area contributed by atoms with Gasteiger partial charge >= 0.3 is 6.03 Å². The Morgan fingerprint density at radius 2 is 1.79 bits per heavy atom. The van der Waals surface area contributed by atoms with Gasteiger partial charge in [0.25, 0.3) is 0 Å². The highest BCUT2D eigenvalue weighted by Crippen LogP contribution is 2.29. The van der Waals surface area contributed by atoms with E-state index in [1.165, 1.54) is 28.8 Å². The van der Waals surface area contributed by atoms with E-state index in [9.17, 15) is 9.18 Å². The predicted octanol–water partition coefficient (Wildman–Crippen LogP) is 3.77. The number of urea groups is 1. The number of hydrogen-bond acceptors (Lipinski definition) is 5. The summed E-state index contributed by atoms with van der Waals surface area (Å²) in [4.78, 5) is 24.2. The van der Waals surface area contributed by atoms with Gasteiger partial charge in [0.1, 0.15) is 5.82 Å². The number of carbonyl (C=O) groups is 1. The molecule has 0 radical (unpaired) electrons. The number of aromatic nitrogens is 1. The first-order valence-corrected chi connectivity index (χ1v) is 11.6. The quantitative estimate of drug-likeness (QED) is 0.620. The lowest BCUT2D eigenvalue weighted by Crippen LogP contribution is -2.44. The SMILES string of the molecule is CN1CCN(Cc2cccc3c2CN(C(=O)Nc2nc(-c4ccc(F)cc4)ccc2N)C3)CC1. The monoisotopic (exact) mass is 460 g/mol. The molecule has 1 aromatic heterocycles. The Hall–Kier alpha value is -3.49. The molecule has 0 bridgehead atoms. The summed E-state index contributed by atoms with van der Waals surface area (Å²) in [5, 5.41) is 2.88. The number of nitrogens with two attached hydrogens (primary N) is 1. The second-order valence-electron chi connectivity index (χ2n) is 9.06. The molecule has 2 amide bonds. The third-order valence-electron chi connectivity index (χ3n) is 6.65. The van der Waals surface area contributed by atoms with Crippen LogP contribution in [0.4, 0.5) is 20.7 Å². The Balaban J connectivity index is 1.28. The van der Waals surface area contributed by atoms with E-state index in [1.54, 1.807) is 29.2 Å². The summed E-state index contributed by atoms with van der Waals surface area (Å²) >= 11 is 0. The molecule has 176 valence electrons. The number of anilines is 2. The normalized spacial score (nSPS) is 16.5. The molecule has 3 heterocycles. The topological polar surface area (TPSA) is 77.7 Å². The first-order chi connectivity index (χ1) is 16.5. The zero-order valence-corrected chi connectivity index (χ0v) is 19.3. The highest BCUT2D eigenvalue weighted by Gasteiger charge is 2.27. The van der Waals surface area contributed by atoms with E-state index in [0.717, 1.165) is 38.3 Å². The maximum atomic E-state index is 13.3. The Bertz CT molecular complexity index is 1190. The molecule has 3 N–H and O–H groups in total. The van der Waals surface area contributed by atoms with Crippen LogP contribution in [0.3, 0.4) is 0 Å². The van der Waals surface area contributed by atoms with Gasteiger partial charge in [0, 0.05) is 51.4 Å². The van der Waals surface area contributed by atoms with Crippen molar-refractivity contribution < 1.29 is 9.18 Å². The van der Waals surface area contributed by atoms with Crippen molar-refractivity contribution in [1.29, 1.82) is 0 Å². The van der Waals surface area contributed by atoms with Crippen LogP contribution in [0.5, 0.6) is 0 Å². The molecule has 2 aliphatic rings. The van der Waals surface area contributed by atoms with E-state index in [-0.39, 0.29) is 11.8 Å². The van der Waals surface area contributed by atoms with Crippen LogP contribution in [-0.4, -0.2) is 58.9 Å². The lowest BCUT2D eigenvalue weighted by molar-refractivity contribution is 0.148. The molecule has 0 atom stereocenters. The number of rotatable bonds is 4. The largest absolute Gasteiger partial charge is 0.396 e. The molecule has 0 aliphatic carbocycles. The van der Waals surface area contributed by atoms with Gasteiger partial charge in [-0.15, -0.1) is 0 Å². The van der Waals surface area contributed by atoms with E-state index < -0.39 is 0 Å². The first kappa shape index (κ1) is 22.3. The van der Waals surface area contributed by atoms with Gasteiger partial charge in [-0.05, 0) is 60.1 Å². The molecule has 8 heteroatoms. The fourth-order valence-electron chi connectivity index (χ4n) is 4.56. The minimum absolute atomic E-state index is 0.239. The van der Waals surface area contributed by atoms with Crippen LogP contribution in [0.25, 0.3) is 11.3 Å². The van der Waals surface area contributed by atoms with Gasteiger partial charge in [-0.3, -0.25) is 10.2 Å². The maximum absolute atomic E-state index is 13.3. The first-order valence-electron chi connectivity index (χ1n) is 11.6. The number of carbonyl (C=O) groups excluding carboxylic acids is 1. The van der Waals surface area contributed by atoms with Gasteiger partial charge in [-0.25, -0.2) is 14.2 Å². The lowest BCUT2D eigenvalue weighted by Gasteiger charge is -2.32. The number of halogens is 1. The molecular weight excluding hydrogens is 431 g/mol. The molecule has 5 rings (SSSR count). The molecule has 7 nitrogen and oxygen atoms in total.